The average Bonchev–Trinajstić information content (AvgIpc) is 3.06. The van der Waals surface area contributed by atoms with Crippen LogP contribution in [-0.2, 0) is 13.0 Å². The van der Waals surface area contributed by atoms with E-state index in [0.29, 0.717) is 0 Å². The number of nitrogens with zero attached hydrogens (tertiary/aromatic N) is 3. The molecule has 0 atom stereocenters. The summed E-state index contributed by atoms with van der Waals surface area (Å²) in [5.74, 6) is 1.05. The highest BCUT2D eigenvalue weighted by molar-refractivity contribution is 5.35. The maximum atomic E-state index is 4.92. The summed E-state index contributed by atoms with van der Waals surface area (Å²) in [6.45, 7) is 11.9. The SMILES string of the molecule is Cc1cc(CCCCn2c(C)ccc2C)nc(-n2c(C)ccc2C)c1. The molecule has 3 heteroatoms. The Bertz CT molecular complexity index is 829. The van der Waals surface area contributed by atoms with Crippen molar-refractivity contribution in [2.75, 3.05) is 0 Å². The molecule has 3 heterocycles. The lowest BCUT2D eigenvalue weighted by atomic mass is 10.1. The van der Waals surface area contributed by atoms with Crippen molar-refractivity contribution in [1.29, 1.82) is 0 Å². The molecular weight excluding hydrogens is 306 g/mol. The lowest BCUT2D eigenvalue weighted by Gasteiger charge is -2.12. The first-order valence-electron chi connectivity index (χ1n) is 9.21. The summed E-state index contributed by atoms with van der Waals surface area (Å²) >= 11 is 0. The molecule has 0 fully saturated rings. The fraction of sp³-hybridized carbons (Fsp3) is 0.409. The summed E-state index contributed by atoms with van der Waals surface area (Å²) in [7, 11) is 0. The van der Waals surface area contributed by atoms with E-state index >= 15 is 0 Å². The lowest BCUT2D eigenvalue weighted by Crippen LogP contribution is -2.06. The summed E-state index contributed by atoms with van der Waals surface area (Å²) in [5, 5.41) is 0. The normalized spacial score (nSPS) is 11.2. The van der Waals surface area contributed by atoms with Gasteiger partial charge in [0.1, 0.15) is 5.82 Å². The summed E-state index contributed by atoms with van der Waals surface area (Å²) in [4.78, 5) is 4.92. The number of unbranched alkanes of at least 4 members (excludes halogenated alkanes) is 1. The molecule has 3 aromatic rings. The van der Waals surface area contributed by atoms with Gasteiger partial charge in [-0.3, -0.25) is 0 Å². The van der Waals surface area contributed by atoms with E-state index in [1.54, 1.807) is 0 Å². The molecule has 0 N–H and O–H groups in total. The number of rotatable bonds is 6. The van der Waals surface area contributed by atoms with Crippen LogP contribution in [0.4, 0.5) is 0 Å². The van der Waals surface area contributed by atoms with Crippen LogP contribution in [0, 0.1) is 34.6 Å². The zero-order valence-electron chi connectivity index (χ0n) is 16.1. The first kappa shape index (κ1) is 17.5. The Balaban J connectivity index is 1.67. The molecule has 3 rings (SSSR count). The molecular formula is C22H29N3. The zero-order valence-corrected chi connectivity index (χ0v) is 16.1. The fourth-order valence-corrected chi connectivity index (χ4v) is 3.62. The van der Waals surface area contributed by atoms with Crippen molar-refractivity contribution in [3.05, 3.63) is 70.4 Å². The van der Waals surface area contributed by atoms with Gasteiger partial charge in [0.05, 0.1) is 0 Å². The third-order valence-electron chi connectivity index (χ3n) is 4.99. The second-order valence-corrected chi connectivity index (χ2v) is 7.17. The molecule has 132 valence electrons. The Morgan fingerprint density at radius 2 is 1.36 bits per heavy atom. The number of hydrogen-bond acceptors (Lipinski definition) is 1. The largest absolute Gasteiger partial charge is 0.349 e. The maximum Gasteiger partial charge on any atom is 0.137 e. The van der Waals surface area contributed by atoms with Crippen LogP contribution in [0.2, 0.25) is 0 Å². The van der Waals surface area contributed by atoms with E-state index in [1.165, 1.54) is 40.5 Å². The monoisotopic (exact) mass is 335 g/mol. The topological polar surface area (TPSA) is 22.8 Å². The molecule has 0 saturated heterocycles. The first-order valence-corrected chi connectivity index (χ1v) is 9.21. The molecule has 0 spiro atoms. The smallest absolute Gasteiger partial charge is 0.137 e. The Hall–Kier alpha value is -2.29. The maximum absolute atomic E-state index is 4.92. The van der Waals surface area contributed by atoms with Gasteiger partial charge in [0.25, 0.3) is 0 Å². The van der Waals surface area contributed by atoms with Gasteiger partial charge in [-0.1, -0.05) is 0 Å². The predicted molar refractivity (Wildman–Crippen MR) is 105 cm³/mol. The fourth-order valence-electron chi connectivity index (χ4n) is 3.62. The van der Waals surface area contributed by atoms with Crippen molar-refractivity contribution in [1.82, 2.24) is 14.1 Å². The second kappa shape index (κ2) is 7.30. The van der Waals surface area contributed by atoms with Crippen LogP contribution in [0.5, 0.6) is 0 Å². The third kappa shape index (κ3) is 3.87. The Morgan fingerprint density at radius 1 is 0.760 bits per heavy atom. The van der Waals surface area contributed by atoms with Crippen LogP contribution >= 0.6 is 0 Å². The zero-order chi connectivity index (χ0) is 18.0. The van der Waals surface area contributed by atoms with E-state index in [2.05, 4.69) is 80.2 Å². The van der Waals surface area contributed by atoms with Gasteiger partial charge in [0, 0.05) is 35.0 Å². The lowest BCUT2D eigenvalue weighted by molar-refractivity contribution is 0.587. The van der Waals surface area contributed by atoms with E-state index in [-0.39, 0.29) is 0 Å². The standard InChI is InChI=1S/C22H29N3/c1-16-14-21(8-6-7-13-24-17(2)9-10-18(24)3)23-22(15-16)25-19(4)11-12-20(25)5/h9-12,14-15H,6-8,13H2,1-5H3. The van der Waals surface area contributed by atoms with E-state index in [4.69, 9.17) is 4.98 Å². The van der Waals surface area contributed by atoms with Crippen molar-refractivity contribution >= 4 is 0 Å². The van der Waals surface area contributed by atoms with E-state index in [1.807, 2.05) is 0 Å². The van der Waals surface area contributed by atoms with Crippen LogP contribution < -0.4 is 0 Å². The highest BCUT2D eigenvalue weighted by Crippen LogP contribution is 2.18. The minimum Gasteiger partial charge on any atom is -0.349 e. The van der Waals surface area contributed by atoms with Crippen LogP contribution in [0.1, 0.15) is 46.9 Å². The average molecular weight is 335 g/mol. The molecule has 0 aliphatic heterocycles. The van der Waals surface area contributed by atoms with Gasteiger partial charge in [0.15, 0.2) is 0 Å². The molecule has 3 nitrogen and oxygen atoms in total. The Morgan fingerprint density at radius 3 is 2.00 bits per heavy atom. The van der Waals surface area contributed by atoms with Crippen molar-refractivity contribution in [2.24, 2.45) is 0 Å². The van der Waals surface area contributed by atoms with Crippen molar-refractivity contribution < 1.29 is 0 Å². The van der Waals surface area contributed by atoms with E-state index in [0.717, 1.165) is 25.2 Å². The van der Waals surface area contributed by atoms with Crippen molar-refractivity contribution in [3.8, 4) is 5.82 Å². The number of aromatic nitrogens is 3. The molecule has 0 aliphatic carbocycles. The second-order valence-electron chi connectivity index (χ2n) is 7.17. The number of aryl methyl sites for hydroxylation is 6. The van der Waals surface area contributed by atoms with E-state index in [9.17, 15) is 0 Å². The van der Waals surface area contributed by atoms with Gasteiger partial charge in [-0.25, -0.2) is 4.98 Å². The van der Waals surface area contributed by atoms with Crippen LogP contribution in [0.25, 0.3) is 5.82 Å². The molecule has 0 saturated carbocycles. The summed E-state index contributed by atoms with van der Waals surface area (Å²) in [6.07, 6.45) is 3.38. The van der Waals surface area contributed by atoms with Gasteiger partial charge < -0.3 is 9.13 Å². The molecule has 3 aromatic heterocycles. The molecule has 25 heavy (non-hydrogen) atoms. The van der Waals surface area contributed by atoms with Crippen LogP contribution in [0.3, 0.4) is 0 Å². The van der Waals surface area contributed by atoms with Gasteiger partial charge in [-0.2, -0.15) is 0 Å². The van der Waals surface area contributed by atoms with Crippen LogP contribution in [0.15, 0.2) is 36.4 Å². The summed E-state index contributed by atoms with van der Waals surface area (Å²) < 4.78 is 4.64. The summed E-state index contributed by atoms with van der Waals surface area (Å²) in [5.41, 5.74) is 7.66. The van der Waals surface area contributed by atoms with Gasteiger partial charge >= 0.3 is 0 Å². The van der Waals surface area contributed by atoms with Crippen LogP contribution in [-0.4, -0.2) is 14.1 Å². The quantitative estimate of drug-likeness (QED) is 0.565. The molecule has 0 aromatic carbocycles. The third-order valence-corrected chi connectivity index (χ3v) is 4.99. The molecule has 0 unspecified atom stereocenters. The Labute approximate surface area is 151 Å². The van der Waals surface area contributed by atoms with Crippen molar-refractivity contribution in [2.45, 2.75) is 60.4 Å². The highest BCUT2D eigenvalue weighted by Gasteiger charge is 2.08. The summed E-state index contributed by atoms with van der Waals surface area (Å²) in [6, 6.07) is 13.1. The highest BCUT2D eigenvalue weighted by atomic mass is 15.1. The van der Waals surface area contributed by atoms with Gasteiger partial charge in [-0.15, -0.1) is 0 Å². The minimum atomic E-state index is 1.04. The molecule has 0 radical (unpaired) electrons. The van der Waals surface area contributed by atoms with Gasteiger partial charge in [0.2, 0.25) is 0 Å². The van der Waals surface area contributed by atoms with E-state index < -0.39 is 0 Å². The van der Waals surface area contributed by atoms with Gasteiger partial charge in [-0.05, 0) is 95.8 Å². The molecule has 0 bridgehead atoms. The Kier molecular flexibility index (Phi) is 5.12. The number of pyridine rings is 1. The van der Waals surface area contributed by atoms with Crippen molar-refractivity contribution in [3.63, 3.8) is 0 Å². The predicted octanol–water partition coefficient (Wildman–Crippen LogP) is 5.24. The molecule has 0 amide bonds. The minimum absolute atomic E-state index is 1.04. The number of hydrogen-bond donors (Lipinski definition) is 0. The first-order chi connectivity index (χ1) is 12.0. The molecule has 0 aliphatic rings.